The summed E-state index contributed by atoms with van der Waals surface area (Å²) < 4.78 is 5.58. The van der Waals surface area contributed by atoms with Crippen molar-refractivity contribution in [2.24, 2.45) is 10.7 Å². The van der Waals surface area contributed by atoms with Crippen LogP contribution in [-0.2, 0) is 6.42 Å². The summed E-state index contributed by atoms with van der Waals surface area (Å²) in [6, 6.07) is 8.65. The van der Waals surface area contributed by atoms with Gasteiger partial charge in [0.25, 0.3) is 0 Å². The highest BCUT2D eigenvalue weighted by Gasteiger charge is 2.12. The van der Waals surface area contributed by atoms with Crippen molar-refractivity contribution in [2.75, 3.05) is 6.54 Å². The molecule has 0 amide bonds. The van der Waals surface area contributed by atoms with E-state index in [9.17, 15) is 0 Å². The minimum atomic E-state index is 0. The summed E-state index contributed by atoms with van der Waals surface area (Å²) >= 11 is 0. The van der Waals surface area contributed by atoms with E-state index >= 15 is 0 Å². The van der Waals surface area contributed by atoms with Gasteiger partial charge in [-0.15, -0.1) is 24.0 Å². The van der Waals surface area contributed by atoms with Gasteiger partial charge in [-0.05, 0) is 31.9 Å². The number of nitrogens with one attached hydrogen (secondary N) is 1. The van der Waals surface area contributed by atoms with Gasteiger partial charge < -0.3 is 15.5 Å². The van der Waals surface area contributed by atoms with Gasteiger partial charge in [-0.1, -0.05) is 43.4 Å². The predicted octanol–water partition coefficient (Wildman–Crippen LogP) is 4.44. The predicted molar refractivity (Wildman–Crippen MR) is 117 cm³/mol. The van der Waals surface area contributed by atoms with Crippen molar-refractivity contribution in [3.63, 3.8) is 0 Å². The van der Waals surface area contributed by atoms with E-state index in [-0.39, 0.29) is 24.0 Å². The average Bonchev–Trinajstić information content (AvgIpc) is 2.92. The van der Waals surface area contributed by atoms with Crippen molar-refractivity contribution in [3.8, 4) is 11.5 Å². The van der Waals surface area contributed by atoms with Gasteiger partial charge in [0, 0.05) is 24.6 Å². The first kappa shape index (κ1) is 20.7. The molecule has 1 saturated carbocycles. The molecule has 0 atom stereocenters. The topological polar surface area (TPSA) is 76.4 Å². The van der Waals surface area contributed by atoms with E-state index in [1.807, 2.05) is 12.1 Å². The molecule has 0 radical (unpaired) electrons. The molecule has 0 unspecified atom stereocenters. The Morgan fingerprint density at radius 1 is 1.19 bits per heavy atom. The SMILES string of the molecule is Cc1ccc(-c2nc(CCN=C(N)NC3CCCCCC3)co2)cc1.I. The molecule has 1 aromatic heterocycles. The standard InChI is InChI=1S/C20H28N4O.HI/c1-15-8-10-16(11-9-15)19-23-18(14-25-19)12-13-22-20(21)24-17-6-4-2-3-5-7-17;/h8-11,14,17H,2-7,12-13H2,1H3,(H3,21,22,24);1H. The number of aromatic nitrogens is 1. The first-order chi connectivity index (χ1) is 12.2. The minimum Gasteiger partial charge on any atom is -0.444 e. The van der Waals surface area contributed by atoms with Crippen LogP contribution in [0.3, 0.4) is 0 Å². The van der Waals surface area contributed by atoms with Crippen molar-refractivity contribution < 1.29 is 4.42 Å². The van der Waals surface area contributed by atoms with Crippen LogP contribution in [0.25, 0.3) is 11.5 Å². The Kier molecular flexibility index (Phi) is 8.41. The fourth-order valence-corrected chi connectivity index (χ4v) is 3.22. The molecule has 1 aliphatic rings. The molecule has 0 aliphatic heterocycles. The van der Waals surface area contributed by atoms with Gasteiger partial charge >= 0.3 is 0 Å². The van der Waals surface area contributed by atoms with Gasteiger partial charge in [0.1, 0.15) is 6.26 Å². The molecule has 142 valence electrons. The van der Waals surface area contributed by atoms with E-state index in [4.69, 9.17) is 10.2 Å². The fraction of sp³-hybridized carbons (Fsp3) is 0.500. The summed E-state index contributed by atoms with van der Waals surface area (Å²) in [6.07, 6.45) is 10.1. The molecule has 1 aromatic carbocycles. The van der Waals surface area contributed by atoms with E-state index in [0.717, 1.165) is 17.7 Å². The molecule has 2 aromatic rings. The molecule has 6 heteroatoms. The number of hydrogen-bond acceptors (Lipinski definition) is 3. The molecular formula is C20H29IN4O. The quantitative estimate of drug-likeness (QED) is 0.295. The zero-order valence-electron chi connectivity index (χ0n) is 15.4. The molecule has 0 bridgehead atoms. The lowest BCUT2D eigenvalue weighted by molar-refractivity contribution is 0.530. The third-order valence-corrected chi connectivity index (χ3v) is 4.71. The van der Waals surface area contributed by atoms with Crippen LogP contribution in [-0.4, -0.2) is 23.5 Å². The van der Waals surface area contributed by atoms with Gasteiger partial charge in [-0.25, -0.2) is 4.98 Å². The number of halogens is 1. The third-order valence-electron chi connectivity index (χ3n) is 4.71. The second-order valence-electron chi connectivity index (χ2n) is 6.86. The van der Waals surface area contributed by atoms with Crippen molar-refractivity contribution in [1.29, 1.82) is 0 Å². The van der Waals surface area contributed by atoms with Gasteiger partial charge in [-0.2, -0.15) is 0 Å². The maximum absolute atomic E-state index is 6.03. The zero-order valence-corrected chi connectivity index (χ0v) is 17.7. The number of benzene rings is 1. The maximum atomic E-state index is 6.03. The lowest BCUT2D eigenvalue weighted by Gasteiger charge is -2.16. The number of oxazole rings is 1. The minimum absolute atomic E-state index is 0. The number of nitrogens with zero attached hydrogens (tertiary/aromatic N) is 2. The van der Waals surface area contributed by atoms with Crippen LogP contribution in [0.4, 0.5) is 0 Å². The number of aliphatic imine (C=N–C) groups is 1. The molecule has 3 N–H and O–H groups in total. The first-order valence-electron chi connectivity index (χ1n) is 9.28. The van der Waals surface area contributed by atoms with Gasteiger partial charge in [-0.3, -0.25) is 4.99 Å². The molecule has 5 nitrogen and oxygen atoms in total. The fourth-order valence-electron chi connectivity index (χ4n) is 3.22. The Morgan fingerprint density at radius 3 is 2.58 bits per heavy atom. The number of guanidine groups is 1. The number of nitrogens with two attached hydrogens (primary N) is 1. The van der Waals surface area contributed by atoms with Crippen LogP contribution < -0.4 is 11.1 Å². The normalized spacial score (nSPS) is 16.0. The molecule has 1 fully saturated rings. The van der Waals surface area contributed by atoms with Crippen molar-refractivity contribution in [3.05, 3.63) is 41.8 Å². The summed E-state index contributed by atoms with van der Waals surface area (Å²) in [5, 5.41) is 3.37. The van der Waals surface area contributed by atoms with Crippen LogP contribution in [0.5, 0.6) is 0 Å². The van der Waals surface area contributed by atoms with Crippen LogP contribution in [0, 0.1) is 6.92 Å². The van der Waals surface area contributed by atoms with Crippen molar-refractivity contribution in [2.45, 2.75) is 57.9 Å². The highest BCUT2D eigenvalue weighted by atomic mass is 127. The van der Waals surface area contributed by atoms with E-state index in [1.165, 1.54) is 44.1 Å². The second kappa shape index (κ2) is 10.5. The van der Waals surface area contributed by atoms with Gasteiger partial charge in [0.05, 0.1) is 5.69 Å². The van der Waals surface area contributed by atoms with Crippen LogP contribution in [0.15, 0.2) is 39.9 Å². The highest BCUT2D eigenvalue weighted by Crippen LogP contribution is 2.19. The molecule has 3 rings (SSSR count). The Labute approximate surface area is 172 Å². The van der Waals surface area contributed by atoms with Crippen LogP contribution in [0.1, 0.15) is 49.8 Å². The monoisotopic (exact) mass is 468 g/mol. The largest absolute Gasteiger partial charge is 0.444 e. The van der Waals surface area contributed by atoms with E-state index in [0.29, 0.717) is 24.4 Å². The number of aryl methyl sites for hydroxylation is 1. The average molecular weight is 468 g/mol. The number of rotatable bonds is 5. The lowest BCUT2D eigenvalue weighted by atomic mass is 10.1. The molecule has 1 aliphatic carbocycles. The summed E-state index contributed by atoms with van der Waals surface area (Å²) in [5.74, 6) is 1.21. The lowest BCUT2D eigenvalue weighted by Crippen LogP contribution is -2.40. The summed E-state index contributed by atoms with van der Waals surface area (Å²) in [7, 11) is 0. The van der Waals surface area contributed by atoms with Crippen LogP contribution >= 0.6 is 24.0 Å². The molecular weight excluding hydrogens is 439 g/mol. The smallest absolute Gasteiger partial charge is 0.226 e. The molecule has 26 heavy (non-hydrogen) atoms. The van der Waals surface area contributed by atoms with E-state index in [1.54, 1.807) is 6.26 Å². The first-order valence-corrected chi connectivity index (χ1v) is 9.28. The van der Waals surface area contributed by atoms with Crippen LogP contribution in [0.2, 0.25) is 0 Å². The van der Waals surface area contributed by atoms with Crippen molar-refractivity contribution >= 4 is 29.9 Å². The third kappa shape index (κ3) is 6.30. The summed E-state index contributed by atoms with van der Waals surface area (Å²) in [4.78, 5) is 8.98. The van der Waals surface area contributed by atoms with Gasteiger partial charge in [0.2, 0.25) is 5.89 Å². The molecule has 1 heterocycles. The Morgan fingerprint density at radius 2 is 1.88 bits per heavy atom. The van der Waals surface area contributed by atoms with Gasteiger partial charge in [0.15, 0.2) is 5.96 Å². The zero-order chi connectivity index (χ0) is 17.5. The van der Waals surface area contributed by atoms with Crippen molar-refractivity contribution in [1.82, 2.24) is 10.3 Å². The number of hydrogen-bond donors (Lipinski definition) is 2. The second-order valence-corrected chi connectivity index (χ2v) is 6.86. The summed E-state index contributed by atoms with van der Waals surface area (Å²) in [5.41, 5.74) is 9.15. The Bertz CT molecular complexity index is 688. The Balaban J connectivity index is 0.00000243. The van der Waals surface area contributed by atoms with E-state index < -0.39 is 0 Å². The summed E-state index contributed by atoms with van der Waals surface area (Å²) in [6.45, 7) is 2.68. The molecule has 0 spiro atoms. The highest BCUT2D eigenvalue weighted by molar-refractivity contribution is 14.0. The molecule has 0 saturated heterocycles. The Hall–Kier alpha value is -1.57. The van der Waals surface area contributed by atoms with E-state index in [2.05, 4.69) is 34.3 Å². The maximum Gasteiger partial charge on any atom is 0.226 e.